The maximum absolute atomic E-state index is 13.1. The number of carbonyl (C=O) groups is 2. The Morgan fingerprint density at radius 2 is 1.82 bits per heavy atom. The summed E-state index contributed by atoms with van der Waals surface area (Å²) in [5.41, 5.74) is 1.07. The van der Waals surface area contributed by atoms with Gasteiger partial charge in [0.25, 0.3) is 11.8 Å². The number of sulfonamides is 1. The fourth-order valence-electron chi connectivity index (χ4n) is 3.76. The molecule has 0 bridgehead atoms. The molecular weight excluding hydrogens is 460 g/mol. The molecule has 0 saturated carbocycles. The van der Waals surface area contributed by atoms with E-state index in [-0.39, 0.29) is 36.0 Å². The molecule has 0 aliphatic carbocycles. The van der Waals surface area contributed by atoms with Crippen molar-refractivity contribution in [3.8, 4) is 0 Å². The highest BCUT2D eigenvalue weighted by Crippen LogP contribution is 2.23. The van der Waals surface area contributed by atoms with Crippen molar-refractivity contribution in [2.24, 2.45) is 0 Å². The number of ether oxygens (including phenoxy) is 1. The molecule has 0 radical (unpaired) electrons. The fraction of sp³-hybridized carbons (Fsp3) is 0.261. The molecule has 1 saturated heterocycles. The topological polar surface area (TPSA) is 138 Å². The van der Waals surface area contributed by atoms with Crippen molar-refractivity contribution >= 4 is 32.7 Å². The van der Waals surface area contributed by atoms with Crippen LogP contribution < -0.4 is 16.2 Å². The van der Waals surface area contributed by atoms with Crippen LogP contribution >= 0.6 is 0 Å². The van der Waals surface area contributed by atoms with Gasteiger partial charge in [-0.15, -0.1) is 0 Å². The Morgan fingerprint density at radius 1 is 1.06 bits per heavy atom. The second kappa shape index (κ2) is 9.75. The van der Waals surface area contributed by atoms with Crippen molar-refractivity contribution in [2.45, 2.75) is 11.4 Å². The zero-order valence-corrected chi connectivity index (χ0v) is 19.3. The average Bonchev–Trinajstić information content (AvgIpc) is 2.86. The first-order valence-corrected chi connectivity index (χ1v) is 12.1. The molecule has 11 heteroatoms. The summed E-state index contributed by atoms with van der Waals surface area (Å²) in [7, 11) is -2.25. The lowest BCUT2D eigenvalue weighted by Crippen LogP contribution is -2.40. The van der Waals surface area contributed by atoms with E-state index in [0.29, 0.717) is 35.2 Å². The Balaban J connectivity index is 1.64. The third-order valence-electron chi connectivity index (χ3n) is 5.54. The number of amides is 2. The Hall–Kier alpha value is -3.54. The zero-order valence-electron chi connectivity index (χ0n) is 18.5. The van der Waals surface area contributed by atoms with Crippen LogP contribution in [-0.2, 0) is 21.3 Å². The molecule has 2 aromatic carbocycles. The largest absolute Gasteiger partial charge is 0.379 e. The van der Waals surface area contributed by atoms with E-state index in [4.69, 9.17) is 4.74 Å². The lowest BCUT2D eigenvalue weighted by atomic mass is 10.1. The highest BCUT2D eigenvalue weighted by Gasteiger charge is 2.27. The second-order valence-corrected chi connectivity index (χ2v) is 9.67. The highest BCUT2D eigenvalue weighted by molar-refractivity contribution is 7.89. The van der Waals surface area contributed by atoms with Crippen LogP contribution in [0.1, 0.15) is 26.3 Å². The van der Waals surface area contributed by atoms with E-state index >= 15 is 0 Å². The standard InChI is InChI=1S/C23H24N4O6S/c1-24-22(29)16-4-2-3-15(11-16)14-25-23(30)19-13-21(28)26-20-6-5-17(12-18(19)20)34(31,32)27-7-9-33-10-8-27/h2-6,11-13H,7-10,14H2,1H3,(H,24,29)(H,25,30)(H,26,28). The minimum atomic E-state index is -3.79. The first-order chi connectivity index (χ1) is 16.3. The SMILES string of the molecule is CNC(=O)c1cccc(CNC(=O)c2cc(=O)[nH]c3ccc(S(=O)(=O)N4CCOCC4)cc23)c1. The summed E-state index contributed by atoms with van der Waals surface area (Å²) in [6.45, 7) is 1.23. The number of morpholine rings is 1. The van der Waals surface area contributed by atoms with E-state index < -0.39 is 21.5 Å². The van der Waals surface area contributed by atoms with Gasteiger partial charge in [0.1, 0.15) is 0 Å². The van der Waals surface area contributed by atoms with E-state index in [1.54, 1.807) is 24.3 Å². The quantitative estimate of drug-likeness (QED) is 0.474. The molecule has 0 unspecified atom stereocenters. The lowest BCUT2D eigenvalue weighted by molar-refractivity contribution is 0.0730. The van der Waals surface area contributed by atoms with Crippen LogP contribution in [0.15, 0.2) is 58.2 Å². The molecular formula is C23H24N4O6S. The predicted octanol–water partition coefficient (Wildman–Crippen LogP) is 0.839. The smallest absolute Gasteiger partial charge is 0.252 e. The molecule has 4 rings (SSSR count). The van der Waals surface area contributed by atoms with Crippen molar-refractivity contribution in [2.75, 3.05) is 33.4 Å². The number of pyridine rings is 1. The summed E-state index contributed by atoms with van der Waals surface area (Å²) in [6.07, 6.45) is 0. The minimum absolute atomic E-state index is 0.0290. The third kappa shape index (κ3) is 4.86. The summed E-state index contributed by atoms with van der Waals surface area (Å²) >= 11 is 0. The molecule has 0 atom stereocenters. The van der Waals surface area contributed by atoms with Gasteiger partial charge in [0.05, 0.1) is 23.7 Å². The normalized spacial score (nSPS) is 14.6. The summed E-state index contributed by atoms with van der Waals surface area (Å²) in [4.78, 5) is 39.7. The molecule has 10 nitrogen and oxygen atoms in total. The summed E-state index contributed by atoms with van der Waals surface area (Å²) in [6, 6.07) is 12.2. The Bertz CT molecular complexity index is 1410. The molecule has 1 aliphatic heterocycles. The number of fused-ring (bicyclic) bond motifs is 1. The van der Waals surface area contributed by atoms with Gasteiger partial charge in [-0.1, -0.05) is 12.1 Å². The number of benzene rings is 2. The van der Waals surface area contributed by atoms with E-state index in [1.807, 2.05) is 0 Å². The molecule has 1 fully saturated rings. The first kappa shape index (κ1) is 23.6. The van der Waals surface area contributed by atoms with E-state index in [1.165, 1.54) is 29.6 Å². The third-order valence-corrected chi connectivity index (χ3v) is 7.43. The number of carbonyl (C=O) groups excluding carboxylic acids is 2. The second-order valence-electron chi connectivity index (χ2n) is 7.73. The Kier molecular flexibility index (Phi) is 6.77. The van der Waals surface area contributed by atoms with Crippen LogP contribution in [0.25, 0.3) is 10.9 Å². The van der Waals surface area contributed by atoms with Crippen LogP contribution in [-0.4, -0.2) is 62.9 Å². The van der Waals surface area contributed by atoms with E-state index in [9.17, 15) is 22.8 Å². The number of H-pyrrole nitrogens is 1. The highest BCUT2D eigenvalue weighted by atomic mass is 32.2. The van der Waals surface area contributed by atoms with Gasteiger partial charge in [0, 0.05) is 49.2 Å². The number of aromatic amines is 1. The van der Waals surface area contributed by atoms with Crippen molar-refractivity contribution in [1.29, 1.82) is 0 Å². The summed E-state index contributed by atoms with van der Waals surface area (Å²) in [5, 5.41) is 5.59. The maximum Gasteiger partial charge on any atom is 0.252 e. The van der Waals surface area contributed by atoms with Gasteiger partial charge in [-0.25, -0.2) is 8.42 Å². The number of rotatable bonds is 6. The minimum Gasteiger partial charge on any atom is -0.379 e. The summed E-state index contributed by atoms with van der Waals surface area (Å²) < 4.78 is 32.7. The molecule has 3 aromatic rings. The molecule has 34 heavy (non-hydrogen) atoms. The monoisotopic (exact) mass is 484 g/mol. The van der Waals surface area contributed by atoms with Crippen LogP contribution in [0.2, 0.25) is 0 Å². The van der Waals surface area contributed by atoms with Crippen molar-refractivity contribution in [1.82, 2.24) is 19.9 Å². The van der Waals surface area contributed by atoms with Gasteiger partial charge in [-0.05, 0) is 35.9 Å². The van der Waals surface area contributed by atoms with Gasteiger partial charge in [0.2, 0.25) is 15.6 Å². The molecule has 0 spiro atoms. The Morgan fingerprint density at radius 3 is 2.56 bits per heavy atom. The van der Waals surface area contributed by atoms with Crippen molar-refractivity contribution in [3.05, 3.63) is 75.6 Å². The lowest BCUT2D eigenvalue weighted by Gasteiger charge is -2.26. The van der Waals surface area contributed by atoms with Crippen LogP contribution in [0, 0.1) is 0 Å². The number of nitrogens with one attached hydrogen (secondary N) is 3. The molecule has 1 aromatic heterocycles. The van der Waals surface area contributed by atoms with Crippen LogP contribution in [0.5, 0.6) is 0 Å². The maximum atomic E-state index is 13.1. The number of nitrogens with zero attached hydrogens (tertiary/aromatic N) is 1. The molecule has 2 amide bonds. The van der Waals surface area contributed by atoms with Crippen LogP contribution in [0.4, 0.5) is 0 Å². The van der Waals surface area contributed by atoms with E-state index in [0.717, 1.165) is 6.07 Å². The first-order valence-electron chi connectivity index (χ1n) is 10.6. The summed E-state index contributed by atoms with van der Waals surface area (Å²) in [5.74, 6) is -0.787. The molecule has 178 valence electrons. The van der Waals surface area contributed by atoms with Gasteiger partial charge >= 0.3 is 0 Å². The van der Waals surface area contributed by atoms with Gasteiger partial charge in [-0.3, -0.25) is 14.4 Å². The van der Waals surface area contributed by atoms with Crippen molar-refractivity contribution in [3.63, 3.8) is 0 Å². The van der Waals surface area contributed by atoms with Gasteiger partial charge in [-0.2, -0.15) is 4.31 Å². The average molecular weight is 485 g/mol. The number of aromatic nitrogens is 1. The fourth-order valence-corrected chi connectivity index (χ4v) is 5.20. The molecule has 2 heterocycles. The van der Waals surface area contributed by atoms with Crippen molar-refractivity contribution < 1.29 is 22.7 Å². The zero-order chi connectivity index (χ0) is 24.3. The number of hydrogen-bond donors (Lipinski definition) is 3. The Labute approximate surface area is 196 Å². The molecule has 1 aliphatic rings. The van der Waals surface area contributed by atoms with Gasteiger partial charge < -0.3 is 20.4 Å². The molecule has 3 N–H and O–H groups in total. The van der Waals surface area contributed by atoms with Crippen LogP contribution in [0.3, 0.4) is 0 Å². The van der Waals surface area contributed by atoms with E-state index in [2.05, 4.69) is 15.6 Å². The van der Waals surface area contributed by atoms with Gasteiger partial charge in [0.15, 0.2) is 0 Å². The predicted molar refractivity (Wildman–Crippen MR) is 125 cm³/mol. The number of hydrogen-bond acceptors (Lipinski definition) is 6.